The zero-order chi connectivity index (χ0) is 13.5. The second-order valence-electron chi connectivity index (χ2n) is 5.90. The van der Waals surface area contributed by atoms with Crippen molar-refractivity contribution in [2.75, 3.05) is 12.4 Å². The Kier molecular flexibility index (Phi) is 2.78. The summed E-state index contributed by atoms with van der Waals surface area (Å²) >= 11 is 0. The molecule has 1 aliphatic heterocycles. The first-order chi connectivity index (χ1) is 9.86. The number of anilines is 2. The second-order valence-corrected chi connectivity index (χ2v) is 5.90. The normalized spacial score (nSPS) is 23.2. The van der Waals surface area contributed by atoms with Gasteiger partial charge in [0.2, 0.25) is 0 Å². The molecule has 0 radical (unpaired) electrons. The lowest BCUT2D eigenvalue weighted by Gasteiger charge is -2.33. The number of benzene rings is 2. The number of hydrogen-bond donors (Lipinski definition) is 2. The number of para-hydroxylation sites is 1. The van der Waals surface area contributed by atoms with E-state index in [-0.39, 0.29) is 0 Å². The maximum absolute atomic E-state index is 3.66. The molecule has 2 aliphatic rings. The van der Waals surface area contributed by atoms with Crippen LogP contribution in [-0.4, -0.2) is 13.1 Å². The van der Waals surface area contributed by atoms with Gasteiger partial charge in [0.25, 0.3) is 0 Å². The summed E-state index contributed by atoms with van der Waals surface area (Å²) in [7, 11) is 2.10. The van der Waals surface area contributed by atoms with Crippen molar-refractivity contribution in [3.05, 3.63) is 59.2 Å². The van der Waals surface area contributed by atoms with Crippen LogP contribution in [0, 0.1) is 0 Å². The first kappa shape index (κ1) is 12.0. The molecule has 2 aromatic rings. The maximum Gasteiger partial charge on any atom is 0.0423 e. The van der Waals surface area contributed by atoms with Crippen molar-refractivity contribution in [1.82, 2.24) is 5.32 Å². The molecular formula is C18H20N2. The van der Waals surface area contributed by atoms with Gasteiger partial charge in [-0.1, -0.05) is 30.3 Å². The van der Waals surface area contributed by atoms with Crippen LogP contribution >= 0.6 is 0 Å². The van der Waals surface area contributed by atoms with Gasteiger partial charge in [-0.25, -0.2) is 0 Å². The van der Waals surface area contributed by atoms with E-state index in [9.17, 15) is 0 Å². The van der Waals surface area contributed by atoms with Crippen LogP contribution in [0.3, 0.4) is 0 Å². The zero-order valence-electron chi connectivity index (χ0n) is 11.8. The Balaban J connectivity index is 1.91. The molecule has 0 bridgehead atoms. The average molecular weight is 264 g/mol. The molecule has 1 heterocycles. The predicted octanol–water partition coefficient (Wildman–Crippen LogP) is 3.60. The van der Waals surface area contributed by atoms with Gasteiger partial charge in [0, 0.05) is 23.3 Å². The average Bonchev–Trinajstić information content (AvgIpc) is 2.66. The minimum atomic E-state index is 0.580. The molecule has 0 spiro atoms. The van der Waals surface area contributed by atoms with Gasteiger partial charge in [-0.2, -0.15) is 0 Å². The van der Waals surface area contributed by atoms with Gasteiger partial charge in [-0.15, -0.1) is 0 Å². The monoisotopic (exact) mass is 264 g/mol. The van der Waals surface area contributed by atoms with Crippen molar-refractivity contribution in [1.29, 1.82) is 0 Å². The van der Waals surface area contributed by atoms with Crippen molar-refractivity contribution in [2.24, 2.45) is 0 Å². The largest absolute Gasteiger partial charge is 0.355 e. The third kappa shape index (κ3) is 1.75. The summed E-state index contributed by atoms with van der Waals surface area (Å²) in [5.74, 6) is 0.580. The minimum absolute atomic E-state index is 0.580. The molecule has 4 rings (SSSR count). The van der Waals surface area contributed by atoms with Crippen molar-refractivity contribution in [3.8, 4) is 0 Å². The SMILES string of the molecule is CN[C@H]1CCc2cccc3c2[C@H]1Cc1ccccc1N3. The van der Waals surface area contributed by atoms with Gasteiger partial charge in [-0.3, -0.25) is 0 Å². The Hall–Kier alpha value is -1.80. The summed E-state index contributed by atoms with van der Waals surface area (Å²) in [6.45, 7) is 0. The lowest BCUT2D eigenvalue weighted by atomic mass is 9.76. The highest BCUT2D eigenvalue weighted by atomic mass is 14.9. The van der Waals surface area contributed by atoms with Gasteiger partial charge >= 0.3 is 0 Å². The van der Waals surface area contributed by atoms with Crippen molar-refractivity contribution >= 4 is 11.4 Å². The van der Waals surface area contributed by atoms with Crippen molar-refractivity contribution in [3.63, 3.8) is 0 Å². The van der Waals surface area contributed by atoms with E-state index in [1.807, 2.05) is 0 Å². The third-order valence-electron chi connectivity index (χ3n) is 4.87. The van der Waals surface area contributed by atoms with Crippen molar-refractivity contribution in [2.45, 2.75) is 31.2 Å². The van der Waals surface area contributed by atoms with E-state index in [1.54, 1.807) is 0 Å². The molecule has 0 aromatic heterocycles. The fourth-order valence-electron chi connectivity index (χ4n) is 3.88. The molecule has 2 aromatic carbocycles. The van der Waals surface area contributed by atoms with E-state index in [0.29, 0.717) is 12.0 Å². The van der Waals surface area contributed by atoms with Crippen LogP contribution in [0.4, 0.5) is 11.4 Å². The van der Waals surface area contributed by atoms with E-state index in [1.165, 1.54) is 40.9 Å². The van der Waals surface area contributed by atoms with Crippen LogP contribution in [0.1, 0.15) is 29.0 Å². The van der Waals surface area contributed by atoms with Crippen LogP contribution in [0.15, 0.2) is 42.5 Å². The molecule has 0 saturated carbocycles. The molecule has 2 N–H and O–H groups in total. The van der Waals surface area contributed by atoms with Crippen LogP contribution in [-0.2, 0) is 12.8 Å². The molecule has 0 saturated heterocycles. The highest BCUT2D eigenvalue weighted by Crippen LogP contribution is 2.43. The summed E-state index contributed by atoms with van der Waals surface area (Å²) in [5.41, 5.74) is 7.07. The molecule has 102 valence electrons. The molecule has 0 amide bonds. The van der Waals surface area contributed by atoms with E-state index < -0.39 is 0 Å². The van der Waals surface area contributed by atoms with Gasteiger partial charge in [-0.05, 0) is 55.1 Å². The molecular weight excluding hydrogens is 244 g/mol. The highest BCUT2D eigenvalue weighted by Gasteiger charge is 2.32. The number of nitrogens with one attached hydrogen (secondary N) is 2. The molecule has 0 fully saturated rings. The van der Waals surface area contributed by atoms with Gasteiger partial charge < -0.3 is 10.6 Å². The topological polar surface area (TPSA) is 24.1 Å². The number of aryl methyl sites for hydroxylation is 1. The highest BCUT2D eigenvalue weighted by molar-refractivity contribution is 5.71. The van der Waals surface area contributed by atoms with E-state index in [2.05, 4.69) is 60.1 Å². The van der Waals surface area contributed by atoms with Gasteiger partial charge in [0.15, 0.2) is 0 Å². The van der Waals surface area contributed by atoms with Gasteiger partial charge in [0.1, 0.15) is 0 Å². The second kappa shape index (κ2) is 4.64. The fourth-order valence-corrected chi connectivity index (χ4v) is 3.88. The number of likely N-dealkylation sites (N-methyl/N-ethyl adjacent to an activating group) is 1. The quantitative estimate of drug-likeness (QED) is 0.822. The Morgan fingerprint density at radius 2 is 1.80 bits per heavy atom. The smallest absolute Gasteiger partial charge is 0.0423 e. The first-order valence-corrected chi connectivity index (χ1v) is 7.51. The standard InChI is InChI=1S/C18H20N2/c1-19-16-10-9-12-6-4-8-17-18(12)14(16)11-13-5-2-3-7-15(13)20-17/h2-8,14,16,19-20H,9-11H2,1H3/t14-,16-/m0/s1. The molecule has 2 nitrogen and oxygen atoms in total. The third-order valence-corrected chi connectivity index (χ3v) is 4.87. The van der Waals surface area contributed by atoms with Crippen LogP contribution in [0.25, 0.3) is 0 Å². The van der Waals surface area contributed by atoms with Gasteiger partial charge in [0.05, 0.1) is 0 Å². The summed E-state index contributed by atoms with van der Waals surface area (Å²) in [6.07, 6.45) is 3.54. The molecule has 0 unspecified atom stereocenters. The molecule has 1 aliphatic carbocycles. The summed E-state index contributed by atoms with van der Waals surface area (Å²) < 4.78 is 0. The van der Waals surface area contributed by atoms with E-state index in [0.717, 1.165) is 6.42 Å². The van der Waals surface area contributed by atoms with Crippen LogP contribution in [0.5, 0.6) is 0 Å². The first-order valence-electron chi connectivity index (χ1n) is 7.51. The molecule has 2 heteroatoms. The van der Waals surface area contributed by atoms with Crippen LogP contribution < -0.4 is 10.6 Å². The number of fused-ring (bicyclic) bond motifs is 1. The maximum atomic E-state index is 3.66. The Morgan fingerprint density at radius 1 is 1.00 bits per heavy atom. The summed E-state index contributed by atoms with van der Waals surface area (Å²) in [6, 6.07) is 16.0. The Morgan fingerprint density at radius 3 is 2.70 bits per heavy atom. The zero-order valence-corrected chi connectivity index (χ0v) is 11.8. The van der Waals surface area contributed by atoms with Crippen molar-refractivity contribution < 1.29 is 0 Å². The lowest BCUT2D eigenvalue weighted by molar-refractivity contribution is 0.411. The number of rotatable bonds is 1. The molecule has 2 atom stereocenters. The predicted molar refractivity (Wildman–Crippen MR) is 83.8 cm³/mol. The minimum Gasteiger partial charge on any atom is -0.355 e. The lowest BCUT2D eigenvalue weighted by Crippen LogP contribution is -2.37. The van der Waals surface area contributed by atoms with E-state index >= 15 is 0 Å². The van der Waals surface area contributed by atoms with Crippen LogP contribution in [0.2, 0.25) is 0 Å². The fraction of sp³-hybridized carbons (Fsp3) is 0.333. The molecule has 20 heavy (non-hydrogen) atoms. The summed E-state index contributed by atoms with van der Waals surface area (Å²) in [5, 5.41) is 7.20. The van der Waals surface area contributed by atoms with E-state index in [4.69, 9.17) is 0 Å². The number of hydrogen-bond acceptors (Lipinski definition) is 2. The Bertz CT molecular complexity index is 648. The summed E-state index contributed by atoms with van der Waals surface area (Å²) in [4.78, 5) is 0. The Labute approximate surface area is 120 Å².